The highest BCUT2D eigenvalue weighted by Crippen LogP contribution is 2.08. The summed E-state index contributed by atoms with van der Waals surface area (Å²) >= 11 is 0. The molecule has 0 aliphatic heterocycles. The third-order valence-electron chi connectivity index (χ3n) is 1.54. The van der Waals surface area contributed by atoms with Crippen LogP contribution in [0.4, 0.5) is 11.6 Å². The van der Waals surface area contributed by atoms with Crippen molar-refractivity contribution in [1.29, 1.82) is 0 Å². The summed E-state index contributed by atoms with van der Waals surface area (Å²) in [5.41, 5.74) is 0. The number of rotatable bonds is 2. The fourth-order valence-electron chi connectivity index (χ4n) is 0.982. The van der Waals surface area contributed by atoms with Crippen LogP contribution >= 0.6 is 0 Å². The van der Waals surface area contributed by atoms with Crippen molar-refractivity contribution in [3.63, 3.8) is 0 Å². The van der Waals surface area contributed by atoms with Crippen LogP contribution in [0, 0.1) is 13.1 Å². The van der Waals surface area contributed by atoms with Crippen LogP contribution in [0.2, 0.25) is 0 Å². The van der Waals surface area contributed by atoms with Crippen molar-refractivity contribution in [1.82, 2.24) is 20.2 Å². The largest absolute Gasteiger partial charge is 0.323 e. The van der Waals surface area contributed by atoms with Crippen LogP contribution in [0.25, 0.3) is 0 Å². The predicted octanol–water partition coefficient (Wildman–Crippen LogP) is 1.12. The van der Waals surface area contributed by atoms with Gasteiger partial charge in [-0.1, -0.05) is 0 Å². The number of nitrogens with one attached hydrogen (secondary N) is 1. The lowest BCUT2D eigenvalue weighted by molar-refractivity contribution is 1.02. The first kappa shape index (κ1) is 8.55. The molecule has 0 fully saturated rings. The molecule has 1 radical (unpaired) electrons. The van der Waals surface area contributed by atoms with Crippen LogP contribution in [0.15, 0.2) is 24.4 Å². The van der Waals surface area contributed by atoms with Gasteiger partial charge in [-0.25, -0.2) is 9.97 Å². The molecule has 0 aliphatic rings. The minimum Gasteiger partial charge on any atom is -0.323 e. The highest BCUT2D eigenvalue weighted by atomic mass is 15.2. The van der Waals surface area contributed by atoms with E-state index in [2.05, 4.69) is 31.7 Å². The summed E-state index contributed by atoms with van der Waals surface area (Å²) < 4.78 is 0. The second-order valence-corrected chi connectivity index (χ2v) is 2.66. The maximum atomic E-state index is 4.15. The molecule has 0 spiro atoms. The SMILES string of the molecule is Cc1n[c]cc(Nc2cccnn2)n1. The lowest BCUT2D eigenvalue weighted by Crippen LogP contribution is -1.98. The first-order chi connectivity index (χ1) is 6.84. The van der Waals surface area contributed by atoms with Crippen LogP contribution in [0.5, 0.6) is 0 Å². The molecular weight excluding hydrogens is 178 g/mol. The zero-order valence-electron chi connectivity index (χ0n) is 7.60. The van der Waals surface area contributed by atoms with E-state index in [-0.39, 0.29) is 0 Å². The van der Waals surface area contributed by atoms with Gasteiger partial charge >= 0.3 is 0 Å². The summed E-state index contributed by atoms with van der Waals surface area (Å²) in [5.74, 6) is 1.98. The molecule has 0 bridgehead atoms. The van der Waals surface area contributed by atoms with E-state index in [1.807, 2.05) is 6.07 Å². The van der Waals surface area contributed by atoms with Gasteiger partial charge in [-0.3, -0.25) is 0 Å². The van der Waals surface area contributed by atoms with E-state index in [1.165, 1.54) is 0 Å². The van der Waals surface area contributed by atoms with E-state index in [0.29, 0.717) is 17.5 Å². The van der Waals surface area contributed by atoms with Crippen molar-refractivity contribution >= 4 is 11.6 Å². The Morgan fingerprint density at radius 2 is 2.29 bits per heavy atom. The molecule has 2 aromatic heterocycles. The van der Waals surface area contributed by atoms with Crippen molar-refractivity contribution in [3.8, 4) is 0 Å². The average molecular weight is 186 g/mol. The number of aromatic nitrogens is 4. The summed E-state index contributed by atoms with van der Waals surface area (Å²) in [4.78, 5) is 8.02. The zero-order valence-corrected chi connectivity index (χ0v) is 7.60. The zero-order chi connectivity index (χ0) is 9.80. The van der Waals surface area contributed by atoms with Crippen molar-refractivity contribution in [3.05, 3.63) is 36.4 Å². The topological polar surface area (TPSA) is 63.6 Å². The van der Waals surface area contributed by atoms with Gasteiger partial charge in [0, 0.05) is 12.3 Å². The van der Waals surface area contributed by atoms with Gasteiger partial charge < -0.3 is 5.32 Å². The smallest absolute Gasteiger partial charge is 0.154 e. The maximum absolute atomic E-state index is 4.15. The summed E-state index contributed by atoms with van der Waals surface area (Å²) in [6.45, 7) is 1.80. The van der Waals surface area contributed by atoms with E-state index >= 15 is 0 Å². The number of hydrogen-bond donors (Lipinski definition) is 1. The normalized spacial score (nSPS) is 9.79. The quantitative estimate of drug-likeness (QED) is 0.761. The molecule has 1 N–H and O–H groups in total. The standard InChI is InChI=1S/C9H8N5/c1-7-10-6-4-8(12-7)13-9-3-2-5-11-14-9/h2-5H,1H3,(H,10,12,13,14). The molecule has 14 heavy (non-hydrogen) atoms. The second-order valence-electron chi connectivity index (χ2n) is 2.66. The highest BCUT2D eigenvalue weighted by Gasteiger charge is 1.96. The van der Waals surface area contributed by atoms with Gasteiger partial charge in [-0.2, -0.15) is 5.10 Å². The second kappa shape index (κ2) is 3.78. The van der Waals surface area contributed by atoms with Crippen LogP contribution in [-0.4, -0.2) is 20.2 Å². The van der Waals surface area contributed by atoms with E-state index in [4.69, 9.17) is 0 Å². The molecule has 5 heteroatoms. The molecule has 0 aliphatic carbocycles. The van der Waals surface area contributed by atoms with Crippen LogP contribution in [0.1, 0.15) is 5.82 Å². The number of anilines is 2. The summed E-state index contributed by atoms with van der Waals surface area (Å²) in [5, 5.41) is 10.6. The molecule has 0 saturated heterocycles. The van der Waals surface area contributed by atoms with Gasteiger partial charge in [-0.15, -0.1) is 5.10 Å². The van der Waals surface area contributed by atoms with Gasteiger partial charge in [0.15, 0.2) is 5.82 Å². The fourth-order valence-corrected chi connectivity index (χ4v) is 0.982. The van der Waals surface area contributed by atoms with Gasteiger partial charge in [-0.05, 0) is 19.1 Å². The van der Waals surface area contributed by atoms with Gasteiger partial charge in [0.2, 0.25) is 0 Å². The molecule has 2 heterocycles. The van der Waals surface area contributed by atoms with Crippen molar-refractivity contribution < 1.29 is 0 Å². The molecule has 5 nitrogen and oxygen atoms in total. The molecule has 0 aromatic carbocycles. The van der Waals surface area contributed by atoms with Crippen LogP contribution < -0.4 is 5.32 Å². The Labute approximate surface area is 81.3 Å². The monoisotopic (exact) mass is 186 g/mol. The molecule has 0 amide bonds. The minimum absolute atomic E-state index is 0.652. The van der Waals surface area contributed by atoms with Crippen molar-refractivity contribution in [2.45, 2.75) is 6.92 Å². The highest BCUT2D eigenvalue weighted by molar-refractivity contribution is 5.49. The first-order valence-electron chi connectivity index (χ1n) is 4.11. The van der Waals surface area contributed by atoms with Gasteiger partial charge in [0.25, 0.3) is 0 Å². The van der Waals surface area contributed by atoms with E-state index in [1.54, 1.807) is 25.3 Å². The lowest BCUT2D eigenvalue weighted by Gasteiger charge is -2.02. The van der Waals surface area contributed by atoms with Crippen molar-refractivity contribution in [2.75, 3.05) is 5.32 Å². The predicted molar refractivity (Wildman–Crippen MR) is 50.9 cm³/mol. The van der Waals surface area contributed by atoms with Crippen LogP contribution in [0.3, 0.4) is 0 Å². The summed E-state index contributed by atoms with van der Waals surface area (Å²) in [7, 11) is 0. The molecule has 0 unspecified atom stereocenters. The van der Waals surface area contributed by atoms with Crippen LogP contribution in [-0.2, 0) is 0 Å². The fraction of sp³-hybridized carbons (Fsp3) is 0.111. The van der Waals surface area contributed by atoms with Gasteiger partial charge in [0.1, 0.15) is 11.6 Å². The van der Waals surface area contributed by atoms with Crippen molar-refractivity contribution in [2.24, 2.45) is 0 Å². The lowest BCUT2D eigenvalue weighted by atomic mass is 10.5. The first-order valence-corrected chi connectivity index (χ1v) is 4.11. The third-order valence-corrected chi connectivity index (χ3v) is 1.54. The van der Waals surface area contributed by atoms with E-state index in [0.717, 1.165) is 0 Å². The molecule has 0 saturated carbocycles. The molecule has 2 rings (SSSR count). The van der Waals surface area contributed by atoms with Gasteiger partial charge in [0.05, 0.1) is 6.20 Å². The third kappa shape index (κ3) is 2.01. The number of aryl methyl sites for hydroxylation is 1. The summed E-state index contributed by atoms with van der Waals surface area (Å²) in [6, 6.07) is 5.26. The molecule has 69 valence electrons. The Hall–Kier alpha value is -2.04. The Morgan fingerprint density at radius 3 is 3.00 bits per heavy atom. The van der Waals surface area contributed by atoms with E-state index < -0.39 is 0 Å². The average Bonchev–Trinajstić information content (AvgIpc) is 2.19. The minimum atomic E-state index is 0.652. The molecular formula is C9H8N5. The Kier molecular flexibility index (Phi) is 2.31. The Balaban J connectivity index is 2.19. The molecule has 0 atom stereocenters. The Bertz CT molecular complexity index is 415. The van der Waals surface area contributed by atoms with E-state index in [9.17, 15) is 0 Å². The summed E-state index contributed by atoms with van der Waals surface area (Å²) in [6.07, 6.45) is 4.34. The maximum Gasteiger partial charge on any atom is 0.154 e. The number of hydrogen-bond acceptors (Lipinski definition) is 5. The Morgan fingerprint density at radius 1 is 1.36 bits per heavy atom. The number of nitrogens with zero attached hydrogens (tertiary/aromatic N) is 4. The molecule has 2 aromatic rings.